The van der Waals surface area contributed by atoms with E-state index in [1.165, 1.54) is 17.7 Å². The molecular weight excluding hydrogens is 1040 g/mol. The average Bonchev–Trinajstić information content (AvgIpc) is 3.90. The van der Waals surface area contributed by atoms with Gasteiger partial charge in [0.15, 0.2) is 0 Å². The van der Waals surface area contributed by atoms with E-state index in [9.17, 15) is 4.39 Å². The summed E-state index contributed by atoms with van der Waals surface area (Å²) < 4.78 is 23.6. The van der Waals surface area contributed by atoms with Gasteiger partial charge in [-0.2, -0.15) is 6.07 Å². The summed E-state index contributed by atoms with van der Waals surface area (Å²) in [7, 11) is 0. The van der Waals surface area contributed by atoms with E-state index in [0.717, 1.165) is 84.1 Å². The van der Waals surface area contributed by atoms with Crippen LogP contribution in [0.25, 0.3) is 38.8 Å². The minimum atomic E-state index is -0.271. The van der Waals surface area contributed by atoms with Crippen molar-refractivity contribution in [2.45, 2.75) is 52.4 Å². The van der Waals surface area contributed by atoms with E-state index >= 15 is 0 Å². The molecule has 3 heterocycles. The molecule has 0 fully saturated rings. The van der Waals surface area contributed by atoms with E-state index in [0.29, 0.717) is 11.5 Å². The number of para-hydroxylation sites is 6. The van der Waals surface area contributed by atoms with Crippen LogP contribution in [0.1, 0.15) is 52.7 Å². The maximum atomic E-state index is 14.4. The molecule has 70 heavy (non-hydrogen) atoms. The quantitative estimate of drug-likeness (QED) is 0.135. The molecule has 0 aliphatic carbocycles. The molecule has 2 aromatic heterocycles. The zero-order chi connectivity index (χ0) is 47.4. The molecule has 8 heteroatoms. The molecule has 6 nitrogen and oxygen atoms in total. The molecule has 350 valence electrons. The van der Waals surface area contributed by atoms with Crippen molar-refractivity contribution in [3.63, 3.8) is 0 Å². The Balaban J connectivity index is 0.00000567. The monoisotopic (exact) mass is 1100 g/mol. The third kappa shape index (κ3) is 8.64. The number of anilines is 7. The van der Waals surface area contributed by atoms with Crippen LogP contribution >= 0.6 is 0 Å². The van der Waals surface area contributed by atoms with Crippen molar-refractivity contribution in [2.75, 3.05) is 14.7 Å². The fraction of sp³-hybridized carbons (Fsp3) is 0.129. The molecule has 0 bridgehead atoms. The Bertz CT molecular complexity index is 3470. The molecule has 0 spiro atoms. The number of ether oxygens (including phenoxy) is 1. The van der Waals surface area contributed by atoms with Gasteiger partial charge in [-0.25, -0.2) is 9.37 Å². The molecule has 0 radical (unpaired) electrons. The van der Waals surface area contributed by atoms with Crippen LogP contribution in [0.4, 0.5) is 44.2 Å². The van der Waals surface area contributed by atoms with Crippen LogP contribution in [0.15, 0.2) is 194 Å². The van der Waals surface area contributed by atoms with Crippen LogP contribution in [0.5, 0.6) is 11.5 Å². The third-order valence-corrected chi connectivity index (χ3v) is 12.9. The van der Waals surface area contributed by atoms with Gasteiger partial charge in [-0.05, 0) is 99.6 Å². The minimum Gasteiger partial charge on any atom is -0.509 e. The standard InChI is InChI=1S/C62H51FN5O.Pt/c1-61(2,3)43-34-35-64-59(36-43)68-55-25-14-13-22-52(55)53-33-32-49(40-58(53)68)69-50-38-47(37-48(39-50)67(45-18-9-7-10-19-45)46-20-11-8-12-21-46)65-41-66(57-27-16-15-26-56(57)65)60-51(42-28-30-44(63)31-29-42)23-17-24-54(60)62(4,5)6;/h7-37,39,41H,1-6H3;/q-3;. The number of nitrogens with zero attached hydrogens (tertiary/aromatic N) is 5. The third-order valence-electron chi connectivity index (χ3n) is 12.9. The molecule has 1 aliphatic rings. The number of hydrogen-bond donors (Lipinski definition) is 0. The van der Waals surface area contributed by atoms with Gasteiger partial charge in [0.05, 0.1) is 0 Å². The Labute approximate surface area is 424 Å². The number of hydrogen-bond acceptors (Lipinski definition) is 5. The number of aromatic nitrogens is 2. The molecule has 10 aromatic rings. The van der Waals surface area contributed by atoms with Crippen molar-refractivity contribution >= 4 is 61.6 Å². The summed E-state index contributed by atoms with van der Waals surface area (Å²) in [5.41, 5.74) is 12.5. The molecule has 0 N–H and O–H groups in total. The summed E-state index contributed by atoms with van der Waals surface area (Å²) in [5, 5.41) is 2.16. The van der Waals surface area contributed by atoms with Crippen molar-refractivity contribution in [2.24, 2.45) is 0 Å². The van der Waals surface area contributed by atoms with Gasteiger partial charge in [0.25, 0.3) is 0 Å². The van der Waals surface area contributed by atoms with E-state index in [1.54, 1.807) is 0 Å². The predicted molar refractivity (Wildman–Crippen MR) is 282 cm³/mol. The molecular formula is C62H51FN5OPt-3. The summed E-state index contributed by atoms with van der Waals surface area (Å²) in [5.74, 6) is 1.60. The molecule has 0 unspecified atom stereocenters. The first-order chi connectivity index (χ1) is 33.4. The number of pyridine rings is 1. The Hall–Kier alpha value is -7.47. The zero-order valence-electron chi connectivity index (χ0n) is 39.9. The van der Waals surface area contributed by atoms with Crippen molar-refractivity contribution in [1.82, 2.24) is 9.55 Å². The van der Waals surface area contributed by atoms with Crippen molar-refractivity contribution in [3.05, 3.63) is 230 Å². The second-order valence-corrected chi connectivity index (χ2v) is 19.6. The number of rotatable bonds is 9. The summed E-state index contributed by atoms with van der Waals surface area (Å²) in [4.78, 5) is 11.6. The summed E-state index contributed by atoms with van der Waals surface area (Å²) in [6, 6.07) is 70.8. The number of benzene rings is 8. The first-order valence-corrected chi connectivity index (χ1v) is 23.4. The maximum Gasteiger partial charge on any atom is 0.135 e. The van der Waals surface area contributed by atoms with Gasteiger partial charge >= 0.3 is 0 Å². The smallest absolute Gasteiger partial charge is 0.135 e. The van der Waals surface area contributed by atoms with Gasteiger partial charge in [0.2, 0.25) is 0 Å². The first-order valence-electron chi connectivity index (χ1n) is 23.4. The van der Waals surface area contributed by atoms with Crippen molar-refractivity contribution < 1.29 is 30.2 Å². The molecule has 0 saturated carbocycles. The molecule has 0 amide bonds. The van der Waals surface area contributed by atoms with E-state index in [1.807, 2.05) is 42.6 Å². The van der Waals surface area contributed by atoms with E-state index in [2.05, 4.69) is 219 Å². The van der Waals surface area contributed by atoms with Crippen LogP contribution in [-0.4, -0.2) is 9.55 Å². The van der Waals surface area contributed by atoms with Gasteiger partial charge < -0.3 is 24.0 Å². The molecule has 11 rings (SSSR count). The average molecular weight is 1100 g/mol. The second-order valence-electron chi connectivity index (χ2n) is 19.6. The van der Waals surface area contributed by atoms with Crippen LogP contribution in [0, 0.1) is 24.6 Å². The summed E-state index contributed by atoms with van der Waals surface area (Å²) >= 11 is 0. The van der Waals surface area contributed by atoms with Crippen LogP contribution in [0.2, 0.25) is 0 Å². The van der Waals surface area contributed by atoms with Crippen LogP contribution in [-0.2, 0) is 31.9 Å². The normalized spacial score (nSPS) is 12.6. The van der Waals surface area contributed by atoms with E-state index in [4.69, 9.17) is 9.72 Å². The number of fused-ring (bicyclic) bond motifs is 4. The molecule has 0 saturated heterocycles. The van der Waals surface area contributed by atoms with Crippen molar-refractivity contribution in [1.29, 1.82) is 0 Å². The first kappa shape index (κ1) is 46.3. The maximum absolute atomic E-state index is 14.4. The fourth-order valence-corrected chi connectivity index (χ4v) is 9.48. The fourth-order valence-electron chi connectivity index (χ4n) is 9.48. The largest absolute Gasteiger partial charge is 0.509 e. The van der Waals surface area contributed by atoms with Crippen LogP contribution < -0.4 is 19.4 Å². The van der Waals surface area contributed by atoms with Gasteiger partial charge in [0.1, 0.15) is 11.6 Å². The minimum absolute atomic E-state index is 0. The Morgan fingerprint density at radius 1 is 0.571 bits per heavy atom. The Morgan fingerprint density at radius 2 is 1.23 bits per heavy atom. The van der Waals surface area contributed by atoms with Crippen LogP contribution in [0.3, 0.4) is 0 Å². The summed E-state index contributed by atoms with van der Waals surface area (Å²) in [6.45, 7) is 15.5. The SMILES string of the molecule is CC(C)(C)c1ccnc(-n2c3[c-]c(Oc4[c-]c(N5[CH-]N(c6c(-c7ccc(F)cc7)cccc6C(C)(C)C)c6ccccc65)cc(N(c5ccccc5)c5ccccc5)c4)ccc3c3ccccc32)c1.[Pt]. The predicted octanol–water partition coefficient (Wildman–Crippen LogP) is 16.8. The Kier molecular flexibility index (Phi) is 12.2. The van der Waals surface area contributed by atoms with Gasteiger partial charge in [-0.15, -0.1) is 42.4 Å². The van der Waals surface area contributed by atoms with Gasteiger partial charge in [-0.1, -0.05) is 155 Å². The van der Waals surface area contributed by atoms with E-state index in [-0.39, 0.29) is 37.7 Å². The van der Waals surface area contributed by atoms with Gasteiger partial charge in [-0.3, -0.25) is 0 Å². The molecule has 8 aromatic carbocycles. The molecule has 1 aliphatic heterocycles. The topological polar surface area (TPSA) is 36.8 Å². The van der Waals surface area contributed by atoms with Crippen molar-refractivity contribution in [3.8, 4) is 28.4 Å². The second kappa shape index (κ2) is 18.5. The summed E-state index contributed by atoms with van der Waals surface area (Å²) in [6.07, 6.45) is 1.89. The zero-order valence-corrected chi connectivity index (χ0v) is 42.2. The number of halogens is 1. The van der Waals surface area contributed by atoms with E-state index < -0.39 is 0 Å². The Morgan fingerprint density at radius 3 is 1.91 bits per heavy atom. The van der Waals surface area contributed by atoms with Gasteiger partial charge in [0, 0.05) is 78.3 Å². The molecule has 0 atom stereocenters.